The number of rotatable bonds is 5. The maximum Gasteiger partial charge on any atom is 0.391 e. The number of likely N-dealkylation sites (tertiary alicyclic amines) is 1. The van der Waals surface area contributed by atoms with Crippen molar-refractivity contribution >= 4 is 0 Å². The molecule has 5 heteroatoms. The number of nitrogens with zero attached hydrogens (tertiary/aromatic N) is 1. The predicted molar refractivity (Wildman–Crippen MR) is 74.7 cm³/mol. The monoisotopic (exact) mass is 292 g/mol. The van der Waals surface area contributed by atoms with Gasteiger partial charge >= 0.3 is 6.18 Å². The minimum Gasteiger partial charge on any atom is -0.314 e. The molecule has 2 aliphatic rings. The third-order valence-electron chi connectivity index (χ3n) is 4.72. The maximum atomic E-state index is 12.6. The van der Waals surface area contributed by atoms with Crippen LogP contribution < -0.4 is 5.32 Å². The van der Waals surface area contributed by atoms with Crippen LogP contribution in [0.2, 0.25) is 0 Å². The summed E-state index contributed by atoms with van der Waals surface area (Å²) in [7, 11) is 0. The Labute approximate surface area is 120 Å². The summed E-state index contributed by atoms with van der Waals surface area (Å²) in [6, 6.07) is 0.301. The van der Waals surface area contributed by atoms with Crippen molar-refractivity contribution < 1.29 is 13.2 Å². The minimum absolute atomic E-state index is 0.299. The zero-order valence-corrected chi connectivity index (χ0v) is 12.2. The van der Waals surface area contributed by atoms with Crippen LogP contribution >= 0.6 is 0 Å². The van der Waals surface area contributed by atoms with Crippen LogP contribution in [-0.4, -0.2) is 43.3 Å². The smallest absolute Gasteiger partial charge is 0.314 e. The van der Waals surface area contributed by atoms with Crippen molar-refractivity contribution in [2.45, 2.75) is 63.6 Å². The van der Waals surface area contributed by atoms with Crippen molar-refractivity contribution in [1.29, 1.82) is 0 Å². The van der Waals surface area contributed by atoms with Gasteiger partial charge in [0.1, 0.15) is 0 Å². The minimum atomic E-state index is -3.99. The Kier molecular flexibility index (Phi) is 6.15. The molecule has 1 saturated carbocycles. The highest BCUT2D eigenvalue weighted by molar-refractivity contribution is 4.80. The molecule has 0 atom stereocenters. The summed E-state index contributed by atoms with van der Waals surface area (Å²) in [5.41, 5.74) is 0. The molecule has 0 aromatic carbocycles. The van der Waals surface area contributed by atoms with Gasteiger partial charge in [-0.3, -0.25) is 0 Å². The van der Waals surface area contributed by atoms with Gasteiger partial charge in [-0.05, 0) is 71.1 Å². The molecule has 2 rings (SSSR count). The zero-order chi connectivity index (χ0) is 14.4. The summed E-state index contributed by atoms with van der Waals surface area (Å²) in [5.74, 6) is -1.06. The van der Waals surface area contributed by atoms with Gasteiger partial charge < -0.3 is 10.2 Å². The molecular formula is C15H27F3N2. The van der Waals surface area contributed by atoms with Crippen LogP contribution in [-0.2, 0) is 0 Å². The third kappa shape index (κ3) is 5.24. The Morgan fingerprint density at radius 1 is 0.950 bits per heavy atom. The lowest BCUT2D eigenvalue weighted by Crippen LogP contribution is -2.38. The van der Waals surface area contributed by atoms with Crippen molar-refractivity contribution in [1.82, 2.24) is 10.2 Å². The second-order valence-corrected chi connectivity index (χ2v) is 6.30. The van der Waals surface area contributed by atoms with Crippen LogP contribution in [0.4, 0.5) is 13.2 Å². The first-order valence-corrected chi connectivity index (χ1v) is 8.08. The highest BCUT2D eigenvalue weighted by Crippen LogP contribution is 2.37. The summed E-state index contributed by atoms with van der Waals surface area (Å²) < 4.78 is 37.7. The van der Waals surface area contributed by atoms with E-state index in [2.05, 4.69) is 10.2 Å². The molecule has 2 nitrogen and oxygen atoms in total. The van der Waals surface area contributed by atoms with Gasteiger partial charge in [0.2, 0.25) is 0 Å². The molecule has 0 bridgehead atoms. The van der Waals surface area contributed by atoms with Gasteiger partial charge in [-0.25, -0.2) is 0 Å². The van der Waals surface area contributed by atoms with E-state index in [1.165, 1.54) is 32.4 Å². The molecule has 0 aromatic rings. The number of piperidine rings is 1. The fourth-order valence-electron chi connectivity index (χ4n) is 3.42. The SMILES string of the molecule is FC(F)(F)C1CCC(NCCCN2CCCCC2)CC1. The van der Waals surface area contributed by atoms with Crippen molar-refractivity contribution in [2.75, 3.05) is 26.2 Å². The summed E-state index contributed by atoms with van der Waals surface area (Å²) in [5, 5.41) is 3.44. The molecule has 0 spiro atoms. The molecule has 1 saturated heterocycles. The van der Waals surface area contributed by atoms with Crippen LogP contribution in [0.3, 0.4) is 0 Å². The van der Waals surface area contributed by atoms with Gasteiger partial charge in [0.05, 0.1) is 5.92 Å². The molecule has 20 heavy (non-hydrogen) atoms. The first kappa shape index (κ1) is 16.1. The van der Waals surface area contributed by atoms with Crippen LogP contribution in [0.25, 0.3) is 0 Å². The van der Waals surface area contributed by atoms with Crippen LogP contribution in [0.15, 0.2) is 0 Å². The Hall–Kier alpha value is -0.290. The number of halogens is 3. The first-order chi connectivity index (χ1) is 9.55. The second kappa shape index (κ2) is 7.64. The fourth-order valence-corrected chi connectivity index (χ4v) is 3.42. The molecular weight excluding hydrogens is 265 g/mol. The molecule has 1 N–H and O–H groups in total. The molecule has 1 aliphatic heterocycles. The molecule has 0 aromatic heterocycles. The van der Waals surface area contributed by atoms with Crippen LogP contribution in [0.1, 0.15) is 51.4 Å². The Morgan fingerprint density at radius 3 is 2.20 bits per heavy atom. The van der Waals surface area contributed by atoms with Crippen molar-refractivity contribution in [2.24, 2.45) is 5.92 Å². The summed E-state index contributed by atoms with van der Waals surface area (Å²) in [4.78, 5) is 2.51. The normalized spacial score (nSPS) is 29.6. The van der Waals surface area contributed by atoms with Crippen LogP contribution in [0, 0.1) is 5.92 Å². The van der Waals surface area contributed by atoms with E-state index in [1.54, 1.807) is 0 Å². The Morgan fingerprint density at radius 2 is 1.60 bits per heavy atom. The van der Waals surface area contributed by atoms with E-state index >= 15 is 0 Å². The first-order valence-electron chi connectivity index (χ1n) is 8.08. The summed E-state index contributed by atoms with van der Waals surface area (Å²) in [6.45, 7) is 4.51. The average molecular weight is 292 g/mol. The number of hydrogen-bond acceptors (Lipinski definition) is 2. The molecule has 1 aliphatic carbocycles. The fraction of sp³-hybridized carbons (Fsp3) is 1.00. The molecule has 0 radical (unpaired) electrons. The molecule has 0 unspecified atom stereocenters. The van der Waals surface area contributed by atoms with E-state index in [4.69, 9.17) is 0 Å². The quantitative estimate of drug-likeness (QED) is 0.779. The highest BCUT2D eigenvalue weighted by Gasteiger charge is 2.41. The van der Waals surface area contributed by atoms with Crippen LogP contribution in [0.5, 0.6) is 0 Å². The lowest BCUT2D eigenvalue weighted by molar-refractivity contribution is -0.182. The predicted octanol–water partition coefficient (Wildman–Crippen LogP) is 3.57. The molecule has 1 heterocycles. The number of alkyl halides is 3. The van der Waals surface area contributed by atoms with Gasteiger partial charge in [0, 0.05) is 6.04 Å². The molecule has 118 valence electrons. The number of nitrogens with one attached hydrogen (secondary N) is 1. The van der Waals surface area contributed by atoms with Crippen molar-refractivity contribution in [3.05, 3.63) is 0 Å². The summed E-state index contributed by atoms with van der Waals surface area (Å²) in [6.07, 6.45) is 3.06. The van der Waals surface area contributed by atoms with Gasteiger partial charge in [-0.1, -0.05) is 6.42 Å². The largest absolute Gasteiger partial charge is 0.391 e. The standard InChI is InChI=1S/C15H27F3N2/c16-15(17,18)13-5-7-14(8-6-13)19-9-4-12-20-10-2-1-3-11-20/h13-14,19H,1-12H2. The van der Waals surface area contributed by atoms with E-state index in [9.17, 15) is 13.2 Å². The Balaban J connectivity index is 1.53. The van der Waals surface area contributed by atoms with Gasteiger partial charge in [-0.15, -0.1) is 0 Å². The average Bonchev–Trinajstić information content (AvgIpc) is 2.44. The highest BCUT2D eigenvalue weighted by atomic mass is 19.4. The van der Waals surface area contributed by atoms with Gasteiger partial charge in [0.15, 0.2) is 0 Å². The van der Waals surface area contributed by atoms with Crippen molar-refractivity contribution in [3.8, 4) is 0 Å². The van der Waals surface area contributed by atoms with Gasteiger partial charge in [0.25, 0.3) is 0 Å². The van der Waals surface area contributed by atoms with Gasteiger partial charge in [-0.2, -0.15) is 13.2 Å². The van der Waals surface area contributed by atoms with E-state index in [0.717, 1.165) is 19.5 Å². The maximum absolute atomic E-state index is 12.6. The molecule has 0 amide bonds. The second-order valence-electron chi connectivity index (χ2n) is 6.30. The lowest BCUT2D eigenvalue weighted by atomic mass is 9.85. The van der Waals surface area contributed by atoms with Crippen molar-refractivity contribution in [3.63, 3.8) is 0 Å². The molecule has 2 fully saturated rings. The third-order valence-corrected chi connectivity index (χ3v) is 4.72. The zero-order valence-electron chi connectivity index (χ0n) is 12.2. The Bertz CT molecular complexity index is 267. The van der Waals surface area contributed by atoms with E-state index in [1.807, 2.05) is 0 Å². The lowest BCUT2D eigenvalue weighted by Gasteiger charge is -2.31. The number of hydrogen-bond donors (Lipinski definition) is 1. The van der Waals surface area contributed by atoms with E-state index in [0.29, 0.717) is 31.7 Å². The van der Waals surface area contributed by atoms with E-state index < -0.39 is 12.1 Å². The topological polar surface area (TPSA) is 15.3 Å². The summed E-state index contributed by atoms with van der Waals surface area (Å²) >= 11 is 0. The van der Waals surface area contributed by atoms with E-state index in [-0.39, 0.29) is 0 Å².